The van der Waals surface area contributed by atoms with Crippen LogP contribution in [0, 0.1) is 0 Å². The zero-order valence-electron chi connectivity index (χ0n) is 7.29. The van der Waals surface area contributed by atoms with E-state index in [0.29, 0.717) is 0 Å². The van der Waals surface area contributed by atoms with Gasteiger partial charge in [0.05, 0.1) is 4.47 Å². The molecule has 0 aliphatic heterocycles. The first-order chi connectivity index (χ1) is 6.36. The maximum absolute atomic E-state index is 5.72. The van der Waals surface area contributed by atoms with Crippen LogP contribution in [0.3, 0.4) is 0 Å². The fourth-order valence-corrected chi connectivity index (χ4v) is 1.77. The molecule has 2 rings (SSSR count). The van der Waals surface area contributed by atoms with E-state index in [1.165, 1.54) is 6.42 Å². The summed E-state index contributed by atoms with van der Waals surface area (Å²) < 4.78 is 6.74. The summed E-state index contributed by atoms with van der Waals surface area (Å²) in [6.07, 6.45) is 5.61. The number of ether oxygens (including phenoxy) is 1. The van der Waals surface area contributed by atoms with Crippen molar-refractivity contribution in [2.75, 3.05) is 0 Å². The van der Waals surface area contributed by atoms with E-state index in [-0.39, 0.29) is 0 Å². The highest BCUT2D eigenvalue weighted by Crippen LogP contribution is 2.28. The summed E-state index contributed by atoms with van der Waals surface area (Å²) in [5.41, 5.74) is 0. The van der Waals surface area contributed by atoms with Crippen LogP contribution in [0.15, 0.2) is 40.6 Å². The van der Waals surface area contributed by atoms with Crippen LogP contribution in [0.4, 0.5) is 0 Å². The average molecular weight is 239 g/mol. The second-order valence-electron chi connectivity index (χ2n) is 3.10. The van der Waals surface area contributed by atoms with Crippen molar-refractivity contribution in [1.82, 2.24) is 0 Å². The zero-order valence-corrected chi connectivity index (χ0v) is 8.88. The van der Waals surface area contributed by atoms with Crippen molar-refractivity contribution >= 4 is 15.9 Å². The van der Waals surface area contributed by atoms with E-state index in [2.05, 4.69) is 22.0 Å². The largest absolute Gasteiger partial charge is 0.461 e. The van der Waals surface area contributed by atoms with Crippen LogP contribution in [-0.4, -0.2) is 0 Å². The standard InChI is InChI=1S/C11H11BrO/c12-10-7-3-4-8-11(10)13-9-5-1-2-6-9/h3-5,7-8H,1-2,6H2. The van der Waals surface area contributed by atoms with Crippen LogP contribution < -0.4 is 4.74 Å². The lowest BCUT2D eigenvalue weighted by atomic mass is 10.3. The topological polar surface area (TPSA) is 9.23 Å². The van der Waals surface area contributed by atoms with Crippen LogP contribution in [0.2, 0.25) is 0 Å². The minimum atomic E-state index is 0.913. The van der Waals surface area contributed by atoms with Gasteiger partial charge in [-0.05, 0) is 47.0 Å². The lowest BCUT2D eigenvalue weighted by Crippen LogP contribution is -1.91. The van der Waals surface area contributed by atoms with Crippen molar-refractivity contribution in [3.8, 4) is 5.75 Å². The Morgan fingerprint density at radius 3 is 2.77 bits per heavy atom. The first-order valence-electron chi connectivity index (χ1n) is 4.48. The molecule has 0 radical (unpaired) electrons. The summed E-state index contributed by atoms with van der Waals surface area (Å²) in [4.78, 5) is 0. The molecule has 1 aromatic carbocycles. The monoisotopic (exact) mass is 238 g/mol. The van der Waals surface area contributed by atoms with Gasteiger partial charge in [-0.1, -0.05) is 12.1 Å². The number of para-hydroxylation sites is 1. The van der Waals surface area contributed by atoms with Crippen LogP contribution in [-0.2, 0) is 0 Å². The van der Waals surface area contributed by atoms with Crippen LogP contribution >= 0.6 is 15.9 Å². The van der Waals surface area contributed by atoms with Gasteiger partial charge in [-0.2, -0.15) is 0 Å². The van der Waals surface area contributed by atoms with Crippen molar-refractivity contribution in [3.63, 3.8) is 0 Å². The van der Waals surface area contributed by atoms with E-state index in [9.17, 15) is 0 Å². The second kappa shape index (κ2) is 3.97. The molecule has 0 aromatic heterocycles. The van der Waals surface area contributed by atoms with Crippen molar-refractivity contribution in [2.24, 2.45) is 0 Å². The Hall–Kier alpha value is -0.760. The molecule has 0 spiro atoms. The lowest BCUT2D eigenvalue weighted by molar-refractivity contribution is 0.409. The molecule has 1 aliphatic carbocycles. The van der Waals surface area contributed by atoms with Gasteiger partial charge in [-0.3, -0.25) is 0 Å². The summed E-state index contributed by atoms with van der Waals surface area (Å²) in [7, 11) is 0. The Bertz CT molecular complexity index is 331. The highest BCUT2D eigenvalue weighted by Gasteiger charge is 2.07. The molecule has 0 fully saturated rings. The molecular weight excluding hydrogens is 228 g/mol. The van der Waals surface area contributed by atoms with Gasteiger partial charge in [0.25, 0.3) is 0 Å². The summed E-state index contributed by atoms with van der Waals surface area (Å²) in [5, 5.41) is 0. The predicted molar refractivity (Wildman–Crippen MR) is 56.7 cm³/mol. The second-order valence-corrected chi connectivity index (χ2v) is 3.95. The number of benzene rings is 1. The molecule has 0 N–H and O–H groups in total. The van der Waals surface area contributed by atoms with Gasteiger partial charge >= 0.3 is 0 Å². The van der Waals surface area contributed by atoms with E-state index < -0.39 is 0 Å². The molecule has 0 heterocycles. The number of allylic oxidation sites excluding steroid dienone is 2. The molecule has 0 bridgehead atoms. The van der Waals surface area contributed by atoms with E-state index >= 15 is 0 Å². The number of rotatable bonds is 2. The molecule has 0 unspecified atom stereocenters. The maximum atomic E-state index is 5.72. The summed E-state index contributed by atoms with van der Waals surface area (Å²) in [6.45, 7) is 0. The van der Waals surface area contributed by atoms with Gasteiger partial charge in [-0.25, -0.2) is 0 Å². The van der Waals surface area contributed by atoms with Gasteiger partial charge in [0.15, 0.2) is 0 Å². The molecule has 1 nitrogen and oxygen atoms in total. The zero-order chi connectivity index (χ0) is 9.10. The van der Waals surface area contributed by atoms with E-state index in [0.717, 1.165) is 28.8 Å². The fourth-order valence-electron chi connectivity index (χ4n) is 1.40. The van der Waals surface area contributed by atoms with Crippen molar-refractivity contribution in [3.05, 3.63) is 40.6 Å². The summed E-state index contributed by atoms with van der Waals surface area (Å²) >= 11 is 3.45. The number of hydrogen-bond acceptors (Lipinski definition) is 1. The lowest BCUT2D eigenvalue weighted by Gasteiger charge is -2.07. The Balaban J connectivity index is 2.13. The first-order valence-corrected chi connectivity index (χ1v) is 5.27. The third-order valence-electron chi connectivity index (χ3n) is 2.08. The molecule has 0 atom stereocenters. The normalized spacial score (nSPS) is 15.6. The van der Waals surface area contributed by atoms with Gasteiger partial charge in [-0.15, -0.1) is 0 Å². The first kappa shape index (κ1) is 8.82. The van der Waals surface area contributed by atoms with Gasteiger partial charge in [0.2, 0.25) is 0 Å². The van der Waals surface area contributed by atoms with Crippen LogP contribution in [0.25, 0.3) is 0 Å². The molecule has 0 amide bonds. The summed E-state index contributed by atoms with van der Waals surface area (Å²) in [6, 6.07) is 7.93. The molecular formula is C11H11BrO. The molecule has 0 saturated heterocycles. The van der Waals surface area contributed by atoms with Crippen molar-refractivity contribution < 1.29 is 4.74 Å². The molecule has 0 saturated carbocycles. The fraction of sp³-hybridized carbons (Fsp3) is 0.273. The third kappa shape index (κ3) is 2.13. The minimum absolute atomic E-state index is 0.913. The molecule has 2 heteroatoms. The Morgan fingerprint density at radius 2 is 2.08 bits per heavy atom. The highest BCUT2D eigenvalue weighted by molar-refractivity contribution is 9.10. The predicted octanol–water partition coefficient (Wildman–Crippen LogP) is 3.90. The number of hydrogen-bond donors (Lipinski definition) is 0. The van der Waals surface area contributed by atoms with Gasteiger partial charge < -0.3 is 4.74 Å². The minimum Gasteiger partial charge on any atom is -0.461 e. The highest BCUT2D eigenvalue weighted by atomic mass is 79.9. The van der Waals surface area contributed by atoms with Crippen molar-refractivity contribution in [2.45, 2.75) is 19.3 Å². The van der Waals surface area contributed by atoms with Gasteiger partial charge in [0.1, 0.15) is 11.5 Å². The Morgan fingerprint density at radius 1 is 1.23 bits per heavy atom. The number of halogens is 1. The van der Waals surface area contributed by atoms with E-state index in [1.807, 2.05) is 24.3 Å². The van der Waals surface area contributed by atoms with E-state index in [4.69, 9.17) is 4.74 Å². The average Bonchev–Trinajstić information content (AvgIpc) is 2.61. The van der Waals surface area contributed by atoms with E-state index in [1.54, 1.807) is 0 Å². The maximum Gasteiger partial charge on any atom is 0.141 e. The van der Waals surface area contributed by atoms with Crippen LogP contribution in [0.1, 0.15) is 19.3 Å². The smallest absolute Gasteiger partial charge is 0.141 e. The SMILES string of the molecule is Brc1ccccc1OC1=CCCC1. The van der Waals surface area contributed by atoms with Gasteiger partial charge in [0, 0.05) is 6.42 Å². The molecule has 1 aliphatic rings. The Kier molecular flexibility index (Phi) is 2.69. The molecule has 68 valence electrons. The Labute approximate surface area is 86.5 Å². The third-order valence-corrected chi connectivity index (χ3v) is 2.73. The molecule has 1 aromatic rings. The quantitative estimate of drug-likeness (QED) is 0.760. The van der Waals surface area contributed by atoms with Crippen LogP contribution in [0.5, 0.6) is 5.75 Å². The summed E-state index contributed by atoms with van der Waals surface area (Å²) in [5.74, 6) is 2.02. The van der Waals surface area contributed by atoms with Crippen molar-refractivity contribution in [1.29, 1.82) is 0 Å². The molecule has 13 heavy (non-hydrogen) atoms.